The van der Waals surface area contributed by atoms with Crippen molar-refractivity contribution in [2.45, 2.75) is 0 Å². The molecule has 0 aliphatic heterocycles. The van der Waals surface area contributed by atoms with E-state index in [1.165, 1.54) is 6.07 Å². The van der Waals surface area contributed by atoms with Crippen LogP contribution in [0.5, 0.6) is 0 Å². The van der Waals surface area contributed by atoms with Gasteiger partial charge in [-0.2, -0.15) is 5.26 Å². The number of rotatable bonds is 1. The van der Waals surface area contributed by atoms with Gasteiger partial charge in [0.1, 0.15) is 11.9 Å². The zero-order valence-electron chi connectivity index (χ0n) is 6.20. The predicted molar refractivity (Wildman–Crippen MR) is 47.6 cm³/mol. The maximum Gasteiger partial charge on any atom is 0.134 e. The van der Waals surface area contributed by atoms with Gasteiger partial charge < -0.3 is 0 Å². The highest BCUT2D eigenvalue weighted by atomic mass is 79.9. The standard InChI is InChI=1S/C7H2BrFN4/c8-5-2-7(12-13-11)6(9)1-4(5)3-10/h1-2H. The lowest BCUT2D eigenvalue weighted by molar-refractivity contribution is 0.629. The van der Waals surface area contributed by atoms with Gasteiger partial charge in [-0.1, -0.05) is 5.11 Å². The van der Waals surface area contributed by atoms with E-state index in [9.17, 15) is 4.39 Å². The second-order valence-corrected chi connectivity index (χ2v) is 2.94. The zero-order chi connectivity index (χ0) is 9.84. The second kappa shape index (κ2) is 3.90. The number of nitriles is 1. The highest BCUT2D eigenvalue weighted by Crippen LogP contribution is 2.26. The minimum atomic E-state index is -0.711. The summed E-state index contributed by atoms with van der Waals surface area (Å²) in [5.41, 5.74) is 8.10. The summed E-state index contributed by atoms with van der Waals surface area (Å²) < 4.78 is 13.4. The summed E-state index contributed by atoms with van der Waals surface area (Å²) in [5.74, 6) is -0.711. The molecule has 6 heteroatoms. The molecule has 0 aromatic heterocycles. The molecule has 0 aliphatic rings. The fourth-order valence-electron chi connectivity index (χ4n) is 0.747. The monoisotopic (exact) mass is 240 g/mol. The van der Waals surface area contributed by atoms with Crippen LogP contribution in [0, 0.1) is 17.1 Å². The topological polar surface area (TPSA) is 72.5 Å². The van der Waals surface area contributed by atoms with Crippen molar-refractivity contribution in [1.82, 2.24) is 0 Å². The smallest absolute Gasteiger partial charge is 0.134 e. The molecule has 0 unspecified atom stereocenters. The van der Waals surface area contributed by atoms with Gasteiger partial charge in [-0.3, -0.25) is 0 Å². The van der Waals surface area contributed by atoms with E-state index in [1.54, 1.807) is 6.07 Å². The minimum Gasteiger partial charge on any atom is -0.206 e. The molecule has 4 nitrogen and oxygen atoms in total. The fraction of sp³-hybridized carbons (Fsp3) is 0. The lowest BCUT2D eigenvalue weighted by atomic mass is 10.2. The lowest BCUT2D eigenvalue weighted by Gasteiger charge is -1.98. The summed E-state index contributed by atoms with van der Waals surface area (Å²) in [7, 11) is 0. The summed E-state index contributed by atoms with van der Waals surface area (Å²) in [6.45, 7) is 0. The molecule has 0 aliphatic carbocycles. The van der Waals surface area contributed by atoms with Gasteiger partial charge in [0, 0.05) is 9.38 Å². The van der Waals surface area contributed by atoms with Crippen molar-refractivity contribution >= 4 is 21.6 Å². The van der Waals surface area contributed by atoms with Gasteiger partial charge in [-0.05, 0) is 33.6 Å². The Morgan fingerprint density at radius 1 is 1.62 bits per heavy atom. The third-order valence-electron chi connectivity index (χ3n) is 1.31. The van der Waals surface area contributed by atoms with Crippen LogP contribution in [0.15, 0.2) is 21.7 Å². The Kier molecular flexibility index (Phi) is 2.85. The quantitative estimate of drug-likeness (QED) is 0.421. The maximum atomic E-state index is 13.0. The SMILES string of the molecule is N#Cc1cc(F)c(N=[N+]=[N-])cc1Br. The van der Waals surface area contributed by atoms with E-state index in [0.717, 1.165) is 6.07 Å². The molecule has 0 N–H and O–H groups in total. The van der Waals surface area contributed by atoms with E-state index < -0.39 is 5.82 Å². The molecule has 0 fully saturated rings. The molecule has 0 saturated carbocycles. The van der Waals surface area contributed by atoms with Crippen molar-refractivity contribution in [3.63, 3.8) is 0 Å². The van der Waals surface area contributed by atoms with E-state index in [0.29, 0.717) is 4.47 Å². The Bertz CT molecular complexity index is 431. The number of hydrogen-bond acceptors (Lipinski definition) is 2. The van der Waals surface area contributed by atoms with Crippen LogP contribution in [0.25, 0.3) is 10.4 Å². The fourth-order valence-corrected chi connectivity index (χ4v) is 1.17. The van der Waals surface area contributed by atoms with Gasteiger partial charge >= 0.3 is 0 Å². The molecule has 0 spiro atoms. The Balaban J connectivity index is 3.38. The van der Waals surface area contributed by atoms with Crippen LogP contribution in [0.3, 0.4) is 0 Å². The molecule has 1 aromatic carbocycles. The summed E-state index contributed by atoms with van der Waals surface area (Å²) in [5, 5.41) is 11.6. The van der Waals surface area contributed by atoms with Crippen molar-refractivity contribution in [3.05, 3.63) is 38.4 Å². The Morgan fingerprint density at radius 2 is 2.31 bits per heavy atom. The van der Waals surface area contributed by atoms with E-state index >= 15 is 0 Å². The van der Waals surface area contributed by atoms with Gasteiger partial charge in [0.25, 0.3) is 0 Å². The number of halogens is 2. The molecule has 0 amide bonds. The Labute approximate surface area is 81.4 Å². The van der Waals surface area contributed by atoms with Crippen molar-refractivity contribution in [2.75, 3.05) is 0 Å². The Morgan fingerprint density at radius 3 is 2.85 bits per heavy atom. The van der Waals surface area contributed by atoms with Crippen molar-refractivity contribution in [3.8, 4) is 6.07 Å². The molecular weight excluding hydrogens is 239 g/mol. The molecule has 0 radical (unpaired) electrons. The number of hydrogen-bond donors (Lipinski definition) is 0. The predicted octanol–water partition coefficient (Wildman–Crippen LogP) is 3.40. The third kappa shape index (κ3) is 1.96. The lowest BCUT2D eigenvalue weighted by Crippen LogP contribution is -1.81. The highest BCUT2D eigenvalue weighted by molar-refractivity contribution is 9.10. The average molecular weight is 241 g/mol. The van der Waals surface area contributed by atoms with Crippen LogP contribution < -0.4 is 0 Å². The van der Waals surface area contributed by atoms with Gasteiger partial charge in [-0.15, -0.1) is 0 Å². The third-order valence-corrected chi connectivity index (χ3v) is 1.97. The van der Waals surface area contributed by atoms with Crippen LogP contribution >= 0.6 is 15.9 Å². The molecule has 0 saturated heterocycles. The van der Waals surface area contributed by atoms with Crippen molar-refractivity contribution in [2.24, 2.45) is 5.11 Å². The van der Waals surface area contributed by atoms with Gasteiger partial charge in [0.05, 0.1) is 11.3 Å². The van der Waals surface area contributed by atoms with Crippen molar-refractivity contribution in [1.29, 1.82) is 5.26 Å². The van der Waals surface area contributed by atoms with Crippen LogP contribution in [-0.2, 0) is 0 Å². The zero-order valence-corrected chi connectivity index (χ0v) is 7.79. The highest BCUT2D eigenvalue weighted by Gasteiger charge is 2.05. The molecule has 0 heterocycles. The number of benzene rings is 1. The van der Waals surface area contributed by atoms with Gasteiger partial charge in [-0.25, -0.2) is 4.39 Å². The molecular formula is C7H2BrFN4. The van der Waals surface area contributed by atoms with Crippen LogP contribution in [-0.4, -0.2) is 0 Å². The molecule has 0 bridgehead atoms. The molecule has 1 rings (SSSR count). The first-order valence-corrected chi connectivity index (χ1v) is 3.92. The molecule has 64 valence electrons. The van der Waals surface area contributed by atoms with E-state index in [-0.39, 0.29) is 11.3 Å². The second-order valence-electron chi connectivity index (χ2n) is 2.08. The summed E-state index contributed by atoms with van der Waals surface area (Å²) >= 11 is 3.04. The minimum absolute atomic E-state index is 0.131. The van der Waals surface area contributed by atoms with E-state index in [1.807, 2.05) is 0 Å². The largest absolute Gasteiger partial charge is 0.206 e. The van der Waals surface area contributed by atoms with Crippen LogP contribution in [0.1, 0.15) is 5.56 Å². The molecule has 1 aromatic rings. The van der Waals surface area contributed by atoms with Crippen LogP contribution in [0.2, 0.25) is 0 Å². The number of azide groups is 1. The number of nitrogens with zero attached hydrogens (tertiary/aromatic N) is 4. The maximum absolute atomic E-state index is 13.0. The summed E-state index contributed by atoms with van der Waals surface area (Å²) in [6.07, 6.45) is 0. The van der Waals surface area contributed by atoms with Gasteiger partial charge in [0.2, 0.25) is 0 Å². The van der Waals surface area contributed by atoms with Gasteiger partial charge in [0.15, 0.2) is 0 Å². The first kappa shape index (κ1) is 9.52. The van der Waals surface area contributed by atoms with Crippen molar-refractivity contribution < 1.29 is 4.39 Å². The average Bonchev–Trinajstić information content (AvgIpc) is 2.11. The summed E-state index contributed by atoms with van der Waals surface area (Å²) in [4.78, 5) is 2.44. The molecule has 13 heavy (non-hydrogen) atoms. The summed E-state index contributed by atoms with van der Waals surface area (Å²) in [6, 6.07) is 4.05. The first-order valence-electron chi connectivity index (χ1n) is 3.13. The first-order chi connectivity index (χ1) is 6.19. The molecule has 0 atom stereocenters. The van der Waals surface area contributed by atoms with E-state index in [2.05, 4.69) is 26.0 Å². The van der Waals surface area contributed by atoms with E-state index in [4.69, 9.17) is 10.8 Å². The Hall–Kier alpha value is -1.57. The van der Waals surface area contributed by atoms with Crippen LogP contribution in [0.4, 0.5) is 10.1 Å². The normalized spacial score (nSPS) is 8.69.